The first kappa shape index (κ1) is 41.7. The van der Waals surface area contributed by atoms with Crippen molar-refractivity contribution in [3.63, 3.8) is 0 Å². The lowest BCUT2D eigenvalue weighted by Gasteiger charge is -2.40. The first-order valence-electron chi connectivity index (χ1n) is 17.1. The van der Waals surface area contributed by atoms with Gasteiger partial charge >= 0.3 is 11.9 Å². The molecule has 1 aliphatic rings. The molecule has 1 fully saturated rings. The summed E-state index contributed by atoms with van der Waals surface area (Å²) in [5, 5.41) is 30.5. The molecular formula is C32H60O12S. The molecule has 0 amide bonds. The zero-order valence-corrected chi connectivity index (χ0v) is 28.3. The van der Waals surface area contributed by atoms with Crippen LogP contribution in [0.1, 0.15) is 136 Å². The highest BCUT2D eigenvalue weighted by Gasteiger charge is 2.46. The molecule has 4 N–H and O–H groups in total. The number of hydrogen-bond acceptors (Lipinski definition) is 11. The molecule has 6 atom stereocenters. The van der Waals surface area contributed by atoms with E-state index < -0.39 is 71.2 Å². The number of esters is 2. The SMILES string of the molecule is CCCCCCCCCCCCCCCC(=O)OC[C@H](CO[C@H]1O[C@H](CS(=O)(=O)O)[C@@H](O)[C@H](O)[C@H]1O)OC(=O)CCCCCC. The first-order valence-corrected chi connectivity index (χ1v) is 18.7. The molecule has 1 heterocycles. The van der Waals surface area contributed by atoms with Gasteiger partial charge in [0.25, 0.3) is 10.1 Å². The topological polar surface area (TPSA) is 186 Å². The van der Waals surface area contributed by atoms with Crippen LogP contribution in [0, 0.1) is 0 Å². The lowest BCUT2D eigenvalue weighted by molar-refractivity contribution is -0.297. The summed E-state index contributed by atoms with van der Waals surface area (Å²) in [7, 11) is -4.58. The van der Waals surface area contributed by atoms with Crippen molar-refractivity contribution >= 4 is 22.1 Å². The number of carbonyl (C=O) groups is 2. The van der Waals surface area contributed by atoms with Crippen LogP contribution >= 0.6 is 0 Å². The van der Waals surface area contributed by atoms with Gasteiger partial charge in [0, 0.05) is 12.8 Å². The third-order valence-corrected chi connectivity index (χ3v) is 8.69. The zero-order valence-electron chi connectivity index (χ0n) is 27.5. The molecular weight excluding hydrogens is 608 g/mol. The molecule has 0 spiro atoms. The maximum atomic E-state index is 12.4. The zero-order chi connectivity index (χ0) is 33.5. The molecule has 0 aromatic rings. The van der Waals surface area contributed by atoms with Crippen LogP contribution in [0.4, 0.5) is 0 Å². The average molecular weight is 669 g/mol. The largest absolute Gasteiger partial charge is 0.462 e. The lowest BCUT2D eigenvalue weighted by Crippen LogP contribution is -2.60. The van der Waals surface area contributed by atoms with E-state index in [1.165, 1.54) is 57.8 Å². The molecule has 45 heavy (non-hydrogen) atoms. The number of unbranched alkanes of at least 4 members (excludes halogenated alkanes) is 15. The van der Waals surface area contributed by atoms with Crippen molar-refractivity contribution in [3.05, 3.63) is 0 Å². The van der Waals surface area contributed by atoms with Crippen molar-refractivity contribution in [3.8, 4) is 0 Å². The molecule has 0 aromatic heterocycles. The summed E-state index contributed by atoms with van der Waals surface area (Å²) in [5.41, 5.74) is 0. The molecule has 0 bridgehead atoms. The van der Waals surface area contributed by atoms with E-state index in [1.54, 1.807) is 0 Å². The van der Waals surface area contributed by atoms with Crippen LogP contribution < -0.4 is 0 Å². The molecule has 0 aliphatic carbocycles. The summed E-state index contributed by atoms with van der Waals surface area (Å²) in [6.45, 7) is 3.57. The summed E-state index contributed by atoms with van der Waals surface area (Å²) in [4.78, 5) is 24.8. The van der Waals surface area contributed by atoms with Crippen molar-refractivity contribution in [2.75, 3.05) is 19.0 Å². The second-order valence-electron chi connectivity index (χ2n) is 12.2. The maximum absolute atomic E-state index is 12.4. The number of aliphatic hydroxyl groups excluding tert-OH is 3. The normalized spacial score (nSPS) is 22.7. The number of aliphatic hydroxyl groups is 3. The van der Waals surface area contributed by atoms with E-state index in [0.717, 1.165) is 38.5 Å². The Kier molecular flexibility index (Phi) is 22.9. The number of ether oxygens (including phenoxy) is 4. The fourth-order valence-electron chi connectivity index (χ4n) is 5.20. The van der Waals surface area contributed by atoms with E-state index in [-0.39, 0.29) is 19.4 Å². The van der Waals surface area contributed by atoms with Crippen LogP contribution in [0.5, 0.6) is 0 Å². The third kappa shape index (κ3) is 20.5. The van der Waals surface area contributed by atoms with E-state index in [4.69, 9.17) is 23.5 Å². The molecule has 266 valence electrons. The van der Waals surface area contributed by atoms with Gasteiger partial charge in [-0.15, -0.1) is 0 Å². The summed E-state index contributed by atoms with van der Waals surface area (Å²) in [6, 6.07) is 0. The van der Waals surface area contributed by atoms with Crippen LogP contribution in [0.3, 0.4) is 0 Å². The van der Waals surface area contributed by atoms with E-state index in [1.807, 2.05) is 0 Å². The van der Waals surface area contributed by atoms with Gasteiger partial charge in [-0.3, -0.25) is 14.1 Å². The number of rotatable bonds is 27. The van der Waals surface area contributed by atoms with Crippen molar-refractivity contribution in [2.24, 2.45) is 0 Å². The molecule has 0 saturated carbocycles. The summed E-state index contributed by atoms with van der Waals surface area (Å²) in [5.74, 6) is -2.00. The molecule has 1 aliphatic heterocycles. The minimum atomic E-state index is -4.58. The average Bonchev–Trinajstić information content (AvgIpc) is 2.99. The van der Waals surface area contributed by atoms with Crippen molar-refractivity contribution in [1.82, 2.24) is 0 Å². The Balaban J connectivity index is 2.47. The number of hydrogen-bond donors (Lipinski definition) is 4. The van der Waals surface area contributed by atoms with Gasteiger partial charge in [0.2, 0.25) is 0 Å². The summed E-state index contributed by atoms with van der Waals surface area (Å²) >= 11 is 0. The van der Waals surface area contributed by atoms with Gasteiger partial charge < -0.3 is 34.3 Å². The van der Waals surface area contributed by atoms with Crippen molar-refractivity contribution in [2.45, 2.75) is 173 Å². The van der Waals surface area contributed by atoms with Crippen LogP contribution in [-0.2, 0) is 38.7 Å². The highest BCUT2D eigenvalue weighted by Crippen LogP contribution is 2.24. The third-order valence-electron chi connectivity index (χ3n) is 7.94. The predicted molar refractivity (Wildman–Crippen MR) is 169 cm³/mol. The number of carbonyl (C=O) groups excluding carboxylic acids is 2. The Bertz CT molecular complexity index is 883. The maximum Gasteiger partial charge on any atom is 0.306 e. The highest BCUT2D eigenvalue weighted by atomic mass is 32.2. The van der Waals surface area contributed by atoms with Gasteiger partial charge in [0.05, 0.1) is 6.61 Å². The van der Waals surface area contributed by atoms with Crippen LogP contribution in [-0.4, -0.2) is 96.0 Å². The minimum absolute atomic E-state index is 0.160. The molecule has 1 rings (SSSR count). The quantitative estimate of drug-likeness (QED) is 0.0542. The molecule has 13 heteroatoms. The first-order chi connectivity index (χ1) is 21.5. The van der Waals surface area contributed by atoms with Gasteiger partial charge in [0.15, 0.2) is 12.4 Å². The van der Waals surface area contributed by atoms with Gasteiger partial charge in [0.1, 0.15) is 36.8 Å². The second-order valence-corrected chi connectivity index (χ2v) is 13.7. The molecule has 1 saturated heterocycles. The van der Waals surface area contributed by atoms with E-state index in [0.29, 0.717) is 12.8 Å². The predicted octanol–water partition coefficient (Wildman–Crippen LogP) is 4.61. The Morgan fingerprint density at radius 1 is 0.667 bits per heavy atom. The van der Waals surface area contributed by atoms with E-state index in [9.17, 15) is 33.3 Å². The Labute approximate surface area is 270 Å². The molecule has 0 aromatic carbocycles. The van der Waals surface area contributed by atoms with Crippen molar-refractivity contribution < 1.29 is 56.8 Å². The van der Waals surface area contributed by atoms with Gasteiger partial charge in [-0.05, 0) is 12.8 Å². The highest BCUT2D eigenvalue weighted by molar-refractivity contribution is 7.85. The fraction of sp³-hybridized carbons (Fsp3) is 0.938. The Morgan fingerprint density at radius 3 is 1.64 bits per heavy atom. The molecule has 0 radical (unpaired) electrons. The molecule has 0 unspecified atom stereocenters. The van der Waals surface area contributed by atoms with E-state index in [2.05, 4.69) is 13.8 Å². The smallest absolute Gasteiger partial charge is 0.306 e. The van der Waals surface area contributed by atoms with Gasteiger partial charge in [-0.2, -0.15) is 8.42 Å². The van der Waals surface area contributed by atoms with Crippen LogP contribution in [0.2, 0.25) is 0 Å². The second kappa shape index (κ2) is 24.8. The van der Waals surface area contributed by atoms with Crippen LogP contribution in [0.25, 0.3) is 0 Å². The summed E-state index contributed by atoms with van der Waals surface area (Å²) < 4.78 is 53.3. The van der Waals surface area contributed by atoms with Crippen molar-refractivity contribution in [1.29, 1.82) is 0 Å². The van der Waals surface area contributed by atoms with E-state index >= 15 is 0 Å². The van der Waals surface area contributed by atoms with Gasteiger partial charge in [-0.1, -0.05) is 110 Å². The Hall–Kier alpha value is -1.35. The fourth-order valence-corrected chi connectivity index (χ4v) is 5.89. The standard InChI is InChI=1S/C32H60O12S/c1-3-5-7-9-10-11-12-13-14-15-16-17-19-20-27(33)41-22-25(43-28(34)21-18-8-6-4-2)23-42-32-31(37)30(36)29(35)26(44-32)24-45(38,39)40/h25-26,29-32,35-37H,3-24H2,1-2H3,(H,38,39,40)/t25-,26-,29-,30+,31-,32+/m1/s1. The molecule has 12 nitrogen and oxygen atoms in total. The minimum Gasteiger partial charge on any atom is -0.462 e. The Morgan fingerprint density at radius 2 is 1.13 bits per heavy atom. The summed E-state index contributed by atoms with van der Waals surface area (Å²) in [6.07, 6.45) is 9.69. The van der Waals surface area contributed by atoms with Crippen LogP contribution in [0.15, 0.2) is 0 Å². The monoisotopic (exact) mass is 668 g/mol. The lowest BCUT2D eigenvalue weighted by atomic mass is 10.00. The van der Waals surface area contributed by atoms with Gasteiger partial charge in [-0.25, -0.2) is 0 Å².